The zero-order valence-electron chi connectivity index (χ0n) is 3.92. The van der Waals surface area contributed by atoms with Gasteiger partial charge in [0.15, 0.2) is 6.39 Å². The van der Waals surface area contributed by atoms with Gasteiger partial charge in [-0.05, 0) is 13.3 Å². The van der Waals surface area contributed by atoms with E-state index in [0.717, 1.165) is 5.69 Å². The van der Waals surface area contributed by atoms with Crippen LogP contribution in [0.2, 0.25) is 0 Å². The summed E-state index contributed by atoms with van der Waals surface area (Å²) >= 11 is 0. The molecular weight excluding hydrogens is 90.1 g/mol. The van der Waals surface area contributed by atoms with Crippen molar-refractivity contribution in [1.29, 1.82) is 0 Å². The largest absolute Gasteiger partial charge is 0.451 e. The second-order valence-corrected chi connectivity index (χ2v) is 1.23. The van der Waals surface area contributed by atoms with Crippen LogP contribution in [0.1, 0.15) is 5.69 Å². The Morgan fingerprint density at radius 3 is 3.00 bits per heavy atom. The molecule has 0 N–H and O–H groups in total. The summed E-state index contributed by atoms with van der Waals surface area (Å²) in [5.41, 5.74) is 0.903. The van der Waals surface area contributed by atoms with E-state index in [4.69, 9.17) is 0 Å². The zero-order valence-corrected chi connectivity index (χ0v) is 3.92. The van der Waals surface area contributed by atoms with Gasteiger partial charge in [0.2, 0.25) is 0 Å². The van der Waals surface area contributed by atoms with Crippen molar-refractivity contribution in [3.8, 4) is 0 Å². The summed E-state index contributed by atoms with van der Waals surface area (Å²) in [6.07, 6.45) is 3.70. The molecular formula is C5H6NO. The van der Waals surface area contributed by atoms with Crippen LogP contribution in [0.15, 0.2) is 17.1 Å². The van der Waals surface area contributed by atoms with E-state index in [1.807, 2.05) is 0 Å². The maximum absolute atomic E-state index is 4.65. The van der Waals surface area contributed by atoms with E-state index in [-0.39, 0.29) is 0 Å². The molecule has 0 spiro atoms. The van der Waals surface area contributed by atoms with Crippen LogP contribution in [0.4, 0.5) is 0 Å². The van der Waals surface area contributed by atoms with E-state index in [1.165, 1.54) is 6.39 Å². The third-order valence-electron chi connectivity index (χ3n) is 0.740. The molecule has 1 heterocycles. The van der Waals surface area contributed by atoms with Gasteiger partial charge in [0, 0.05) is 0 Å². The average Bonchev–Trinajstić information content (AvgIpc) is 2.14. The van der Waals surface area contributed by atoms with Gasteiger partial charge in [0.25, 0.3) is 0 Å². The van der Waals surface area contributed by atoms with Gasteiger partial charge in [0.1, 0.15) is 6.26 Å². The van der Waals surface area contributed by atoms with Crippen LogP contribution in [0.3, 0.4) is 0 Å². The first-order chi connectivity index (χ1) is 3.43. The quantitative estimate of drug-likeness (QED) is 0.522. The van der Waals surface area contributed by atoms with Crippen molar-refractivity contribution in [1.82, 2.24) is 4.98 Å². The van der Waals surface area contributed by atoms with E-state index in [2.05, 4.69) is 16.3 Å². The first-order valence-corrected chi connectivity index (χ1v) is 2.10. The maximum atomic E-state index is 4.65. The molecule has 0 saturated heterocycles. The third kappa shape index (κ3) is 0.796. The fourth-order valence-corrected chi connectivity index (χ4v) is 0.361. The van der Waals surface area contributed by atoms with Gasteiger partial charge in [-0.25, -0.2) is 4.98 Å². The molecule has 2 heteroatoms. The third-order valence-corrected chi connectivity index (χ3v) is 0.740. The monoisotopic (exact) mass is 96.0 g/mol. The molecule has 0 unspecified atom stereocenters. The summed E-state index contributed by atoms with van der Waals surface area (Å²) in [5.74, 6) is 0. The van der Waals surface area contributed by atoms with Crippen molar-refractivity contribution in [2.24, 2.45) is 0 Å². The van der Waals surface area contributed by atoms with Gasteiger partial charge >= 0.3 is 0 Å². The number of hydrogen-bond acceptors (Lipinski definition) is 2. The first kappa shape index (κ1) is 4.37. The summed E-state index contributed by atoms with van der Waals surface area (Å²) in [5, 5.41) is 0. The molecule has 0 aliphatic carbocycles. The predicted molar refractivity (Wildman–Crippen MR) is 25.6 cm³/mol. The smallest absolute Gasteiger partial charge is 0.180 e. The van der Waals surface area contributed by atoms with Gasteiger partial charge in [0.05, 0.1) is 5.69 Å². The lowest BCUT2D eigenvalue weighted by Crippen LogP contribution is -1.73. The van der Waals surface area contributed by atoms with Gasteiger partial charge in [-0.2, -0.15) is 0 Å². The van der Waals surface area contributed by atoms with Crippen LogP contribution in [-0.4, -0.2) is 4.98 Å². The second kappa shape index (κ2) is 1.78. The second-order valence-electron chi connectivity index (χ2n) is 1.23. The molecule has 1 aromatic heterocycles. The summed E-state index contributed by atoms with van der Waals surface area (Å²) in [6.45, 7) is 3.61. The number of hydrogen-bond donors (Lipinski definition) is 0. The Hall–Kier alpha value is -0.790. The lowest BCUT2D eigenvalue weighted by atomic mass is 10.4. The highest BCUT2D eigenvalue weighted by molar-refractivity contribution is 4.90. The highest BCUT2D eigenvalue weighted by Gasteiger charge is 1.85. The molecule has 0 atom stereocenters. The van der Waals surface area contributed by atoms with Crippen molar-refractivity contribution in [2.75, 3.05) is 0 Å². The van der Waals surface area contributed by atoms with Crippen LogP contribution in [-0.2, 0) is 6.42 Å². The van der Waals surface area contributed by atoms with Crippen molar-refractivity contribution < 1.29 is 4.42 Å². The number of oxazole rings is 1. The molecule has 0 saturated carbocycles. The Labute approximate surface area is 42.2 Å². The number of aromatic nitrogens is 1. The molecule has 0 fully saturated rings. The predicted octanol–water partition coefficient (Wildman–Crippen LogP) is 1.05. The number of nitrogens with zero attached hydrogens (tertiary/aromatic N) is 1. The lowest BCUT2D eigenvalue weighted by Gasteiger charge is -1.74. The fourth-order valence-electron chi connectivity index (χ4n) is 0.361. The molecule has 2 nitrogen and oxygen atoms in total. The summed E-state index contributed by atoms with van der Waals surface area (Å²) in [6, 6.07) is 0. The van der Waals surface area contributed by atoms with Crippen molar-refractivity contribution in [3.63, 3.8) is 0 Å². The van der Waals surface area contributed by atoms with Crippen molar-refractivity contribution in [2.45, 2.75) is 6.42 Å². The Balaban J connectivity index is 2.76. The Bertz CT molecular complexity index is 123. The van der Waals surface area contributed by atoms with E-state index in [9.17, 15) is 0 Å². The van der Waals surface area contributed by atoms with E-state index in [1.54, 1.807) is 6.26 Å². The van der Waals surface area contributed by atoms with Gasteiger partial charge in [-0.3, -0.25) is 0 Å². The molecule has 37 valence electrons. The minimum Gasteiger partial charge on any atom is -0.451 e. The fraction of sp³-hybridized carbons (Fsp3) is 0.200. The molecule has 1 aromatic rings. The average molecular weight is 96.1 g/mol. The topological polar surface area (TPSA) is 26.0 Å². The summed E-state index contributed by atoms with van der Waals surface area (Å²) in [7, 11) is 0. The van der Waals surface area contributed by atoms with Crippen molar-refractivity contribution in [3.05, 3.63) is 25.3 Å². The summed E-state index contributed by atoms with van der Waals surface area (Å²) in [4.78, 5) is 3.81. The minimum atomic E-state index is 0.705. The summed E-state index contributed by atoms with van der Waals surface area (Å²) < 4.78 is 4.65. The van der Waals surface area contributed by atoms with E-state index in [0.29, 0.717) is 6.42 Å². The van der Waals surface area contributed by atoms with E-state index >= 15 is 0 Å². The molecule has 0 aliphatic heterocycles. The Morgan fingerprint density at radius 1 is 1.86 bits per heavy atom. The molecule has 0 bridgehead atoms. The normalized spacial score (nSPS) is 9.29. The molecule has 0 amide bonds. The van der Waals surface area contributed by atoms with Gasteiger partial charge in [-0.1, -0.05) is 0 Å². The van der Waals surface area contributed by atoms with Crippen LogP contribution in [0, 0.1) is 6.92 Å². The first-order valence-electron chi connectivity index (χ1n) is 2.10. The zero-order chi connectivity index (χ0) is 5.11. The highest BCUT2D eigenvalue weighted by atomic mass is 16.3. The highest BCUT2D eigenvalue weighted by Crippen LogP contribution is 1.91. The lowest BCUT2D eigenvalue weighted by molar-refractivity contribution is 0.556. The van der Waals surface area contributed by atoms with Crippen LogP contribution >= 0.6 is 0 Å². The van der Waals surface area contributed by atoms with Crippen LogP contribution < -0.4 is 0 Å². The Morgan fingerprint density at radius 2 is 2.71 bits per heavy atom. The molecule has 1 radical (unpaired) electrons. The minimum absolute atomic E-state index is 0.705. The molecule has 1 rings (SSSR count). The molecule has 0 aromatic carbocycles. The van der Waals surface area contributed by atoms with E-state index < -0.39 is 0 Å². The van der Waals surface area contributed by atoms with Crippen molar-refractivity contribution >= 4 is 0 Å². The molecule has 7 heavy (non-hydrogen) atoms. The number of rotatable bonds is 1. The Kier molecular flexibility index (Phi) is 1.11. The SMILES string of the molecule is [CH2]Cc1cocn1. The standard InChI is InChI=1S/C5H6NO/c1-2-5-3-7-4-6-5/h3-4H,1-2H2. The van der Waals surface area contributed by atoms with Gasteiger partial charge < -0.3 is 4.42 Å². The van der Waals surface area contributed by atoms with Crippen LogP contribution in [0.5, 0.6) is 0 Å². The maximum Gasteiger partial charge on any atom is 0.180 e. The van der Waals surface area contributed by atoms with Crippen LogP contribution in [0.25, 0.3) is 0 Å². The molecule has 0 aliphatic rings. The van der Waals surface area contributed by atoms with Gasteiger partial charge in [-0.15, -0.1) is 0 Å².